The van der Waals surface area contributed by atoms with Gasteiger partial charge in [0.05, 0.1) is 7.11 Å². The van der Waals surface area contributed by atoms with Crippen molar-refractivity contribution in [1.82, 2.24) is 0 Å². The summed E-state index contributed by atoms with van der Waals surface area (Å²) >= 11 is 0. The van der Waals surface area contributed by atoms with Crippen molar-refractivity contribution >= 4 is 11.9 Å². The van der Waals surface area contributed by atoms with Gasteiger partial charge in [0.1, 0.15) is 6.10 Å². The average Bonchev–Trinajstić information content (AvgIpc) is 2.42. The minimum Gasteiger partial charge on any atom is -0.468 e. The highest BCUT2D eigenvalue weighted by atomic mass is 16.6. The van der Waals surface area contributed by atoms with Crippen LogP contribution in [0.4, 0.5) is 0 Å². The van der Waals surface area contributed by atoms with Crippen LogP contribution >= 0.6 is 0 Å². The topological polar surface area (TPSA) is 52.6 Å². The molecule has 1 saturated heterocycles. The van der Waals surface area contributed by atoms with E-state index in [1.807, 2.05) is 0 Å². The summed E-state index contributed by atoms with van der Waals surface area (Å²) in [5.41, 5.74) is -1.21. The van der Waals surface area contributed by atoms with Gasteiger partial charge in [0.2, 0.25) is 0 Å². The highest BCUT2D eigenvalue weighted by Gasteiger charge is 2.50. The predicted molar refractivity (Wildman–Crippen MR) is 40.3 cm³/mol. The van der Waals surface area contributed by atoms with E-state index in [9.17, 15) is 9.59 Å². The number of carbonyl (C=O) groups excluding carboxylic acids is 2. The van der Waals surface area contributed by atoms with E-state index in [2.05, 4.69) is 4.74 Å². The van der Waals surface area contributed by atoms with Crippen molar-refractivity contribution in [1.29, 1.82) is 0 Å². The van der Waals surface area contributed by atoms with Crippen molar-refractivity contribution in [3.63, 3.8) is 0 Å². The number of rotatable bonds is 1. The normalized spacial score (nSPS) is 35.7. The zero-order chi connectivity index (χ0) is 10.1. The number of carbonyl (C=O) groups is 2. The van der Waals surface area contributed by atoms with Gasteiger partial charge in [-0.3, -0.25) is 9.59 Å². The molecule has 0 aromatic heterocycles. The minimum atomic E-state index is -1.21. The van der Waals surface area contributed by atoms with Gasteiger partial charge in [-0.15, -0.1) is 0 Å². The molecular formula is C8H12O4. The fourth-order valence-electron chi connectivity index (χ4n) is 1.25. The first-order chi connectivity index (χ1) is 6.04. The first-order valence-electron chi connectivity index (χ1n) is 4.34. The molecule has 1 aliphatic rings. The third-order valence-electron chi connectivity index (χ3n) is 2.00. The summed E-state index contributed by atoms with van der Waals surface area (Å²) in [6.07, 6.45) is -0.237. The van der Waals surface area contributed by atoms with Crippen LogP contribution in [0.3, 0.4) is 0 Å². The molecule has 68 valence electrons. The minimum absolute atomic E-state index is 0.0156. The standard InChI is InChI=1S/C8H12O4/c1-5-4-8(2,6(9)11-3)7(10)12-5/h5H,4H2,1-3H3/i1D. The molecule has 4 heteroatoms. The van der Waals surface area contributed by atoms with Gasteiger partial charge in [-0.2, -0.15) is 0 Å². The second-order valence-electron chi connectivity index (χ2n) is 3.06. The van der Waals surface area contributed by atoms with E-state index in [-0.39, 0.29) is 13.3 Å². The van der Waals surface area contributed by atoms with Crippen LogP contribution < -0.4 is 0 Å². The number of methoxy groups -OCH3 is 1. The monoisotopic (exact) mass is 173 g/mol. The second kappa shape index (κ2) is 2.77. The fraction of sp³-hybridized carbons (Fsp3) is 0.750. The molecule has 0 aromatic rings. The number of hydrogen-bond donors (Lipinski definition) is 0. The summed E-state index contributed by atoms with van der Waals surface area (Å²) in [5.74, 6) is -1.18. The summed E-state index contributed by atoms with van der Waals surface area (Å²) in [5, 5.41) is 0. The summed E-state index contributed by atoms with van der Waals surface area (Å²) in [4.78, 5) is 22.5. The molecule has 2 atom stereocenters. The molecule has 0 saturated carbocycles. The van der Waals surface area contributed by atoms with E-state index in [1.165, 1.54) is 14.0 Å². The Labute approximate surface area is 72.2 Å². The molecule has 4 nitrogen and oxygen atoms in total. The van der Waals surface area contributed by atoms with Gasteiger partial charge in [0, 0.05) is 7.79 Å². The molecule has 1 aliphatic heterocycles. The fourth-order valence-corrected chi connectivity index (χ4v) is 1.25. The van der Waals surface area contributed by atoms with E-state index >= 15 is 0 Å². The lowest BCUT2D eigenvalue weighted by atomic mass is 9.87. The average molecular weight is 173 g/mol. The van der Waals surface area contributed by atoms with Crippen molar-refractivity contribution in [2.75, 3.05) is 7.11 Å². The lowest BCUT2D eigenvalue weighted by molar-refractivity contribution is -0.161. The quantitative estimate of drug-likeness (QED) is 0.428. The van der Waals surface area contributed by atoms with Crippen LogP contribution in [-0.2, 0) is 19.1 Å². The van der Waals surface area contributed by atoms with Crippen LogP contribution in [0.5, 0.6) is 0 Å². The first kappa shape index (κ1) is 7.58. The smallest absolute Gasteiger partial charge is 0.323 e. The molecule has 0 radical (unpaired) electrons. The van der Waals surface area contributed by atoms with Crippen molar-refractivity contribution in [3.8, 4) is 0 Å². The van der Waals surface area contributed by atoms with E-state index < -0.39 is 23.5 Å². The van der Waals surface area contributed by atoms with E-state index in [0.717, 1.165) is 0 Å². The van der Waals surface area contributed by atoms with Crippen LogP contribution in [-0.4, -0.2) is 25.2 Å². The molecule has 1 rings (SSSR count). The highest BCUT2D eigenvalue weighted by molar-refractivity contribution is 6.00. The third kappa shape index (κ3) is 1.17. The van der Waals surface area contributed by atoms with E-state index in [0.29, 0.717) is 0 Å². The number of esters is 2. The van der Waals surface area contributed by atoms with Crippen LogP contribution in [0.25, 0.3) is 0 Å². The molecule has 2 unspecified atom stereocenters. The Morgan fingerprint density at radius 1 is 1.92 bits per heavy atom. The number of hydrogen-bond acceptors (Lipinski definition) is 4. The Morgan fingerprint density at radius 2 is 2.58 bits per heavy atom. The maximum absolute atomic E-state index is 11.3. The summed E-state index contributed by atoms with van der Waals surface area (Å²) in [6, 6.07) is 0. The molecule has 1 heterocycles. The van der Waals surface area contributed by atoms with Crippen LogP contribution in [0, 0.1) is 5.41 Å². The zero-order valence-corrected chi connectivity index (χ0v) is 7.12. The van der Waals surface area contributed by atoms with E-state index in [4.69, 9.17) is 6.11 Å². The highest BCUT2D eigenvalue weighted by Crippen LogP contribution is 2.34. The van der Waals surface area contributed by atoms with Gasteiger partial charge >= 0.3 is 11.9 Å². The summed E-state index contributed by atoms with van der Waals surface area (Å²) < 4.78 is 16.4. The van der Waals surface area contributed by atoms with Gasteiger partial charge in [-0.1, -0.05) is 0 Å². The van der Waals surface area contributed by atoms with Crippen LogP contribution in [0.15, 0.2) is 0 Å². The van der Waals surface area contributed by atoms with Gasteiger partial charge < -0.3 is 9.47 Å². The Kier molecular flexibility index (Phi) is 1.75. The molecule has 0 spiro atoms. The number of cyclic esters (lactones) is 1. The molecule has 0 N–H and O–H groups in total. The SMILES string of the molecule is [2H]CC1CC(C)(C(=O)OC)C(=O)O1. The molecule has 0 aliphatic carbocycles. The predicted octanol–water partition coefficient (Wildman–Crippen LogP) is 0.501. The molecule has 0 amide bonds. The van der Waals surface area contributed by atoms with Crippen molar-refractivity contribution in [2.45, 2.75) is 26.3 Å². The van der Waals surface area contributed by atoms with Crippen molar-refractivity contribution < 1.29 is 20.4 Å². The number of ether oxygens (including phenoxy) is 2. The van der Waals surface area contributed by atoms with Crippen LogP contribution in [0.1, 0.15) is 21.6 Å². The second-order valence-corrected chi connectivity index (χ2v) is 3.06. The maximum Gasteiger partial charge on any atom is 0.323 e. The molecule has 1 fully saturated rings. The lowest BCUT2D eigenvalue weighted by Crippen LogP contribution is -2.33. The zero-order valence-electron chi connectivity index (χ0n) is 8.12. The molecule has 12 heavy (non-hydrogen) atoms. The van der Waals surface area contributed by atoms with Gasteiger partial charge in [0.15, 0.2) is 5.41 Å². The van der Waals surface area contributed by atoms with Gasteiger partial charge in [0.25, 0.3) is 0 Å². The molecule has 0 bridgehead atoms. The van der Waals surface area contributed by atoms with Gasteiger partial charge in [-0.05, 0) is 13.8 Å². The first-order valence-corrected chi connectivity index (χ1v) is 3.63. The Morgan fingerprint density at radius 3 is 3.00 bits per heavy atom. The van der Waals surface area contributed by atoms with Crippen molar-refractivity contribution in [3.05, 3.63) is 0 Å². The largest absolute Gasteiger partial charge is 0.468 e. The van der Waals surface area contributed by atoms with Crippen LogP contribution in [0.2, 0.25) is 0 Å². The maximum atomic E-state index is 11.3. The molecular weight excluding hydrogens is 160 g/mol. The third-order valence-corrected chi connectivity index (χ3v) is 2.00. The summed E-state index contributed by atoms with van der Waals surface area (Å²) in [6.45, 7) is 1.47. The van der Waals surface area contributed by atoms with E-state index in [1.54, 1.807) is 0 Å². The van der Waals surface area contributed by atoms with Crippen molar-refractivity contribution in [2.24, 2.45) is 5.41 Å². The Bertz CT molecular complexity index is 240. The van der Waals surface area contributed by atoms with Gasteiger partial charge in [-0.25, -0.2) is 0 Å². The Hall–Kier alpha value is -1.06. The summed E-state index contributed by atoms with van der Waals surface area (Å²) in [7, 11) is 1.23. The molecule has 0 aromatic carbocycles. The Balaban J connectivity index is 2.80. The lowest BCUT2D eigenvalue weighted by Gasteiger charge is -2.14.